The topological polar surface area (TPSA) is 0 Å². The summed E-state index contributed by atoms with van der Waals surface area (Å²) in [5.74, 6) is -1.07. The van der Waals surface area contributed by atoms with Crippen LogP contribution in [0.4, 0.5) is 8.78 Å². The zero-order chi connectivity index (χ0) is 5.98. The van der Waals surface area contributed by atoms with E-state index < -0.39 is 11.6 Å². The first-order chi connectivity index (χ1) is 3.79. The van der Waals surface area contributed by atoms with E-state index in [2.05, 4.69) is 0 Å². The van der Waals surface area contributed by atoms with Crippen LogP contribution >= 0.6 is 13.5 Å². The van der Waals surface area contributed by atoms with Crippen molar-refractivity contribution in [1.82, 2.24) is 0 Å². The summed E-state index contributed by atoms with van der Waals surface area (Å²) < 4.78 is 23.9. The number of hydrogen-bond donors (Lipinski definition) is 0. The minimum atomic E-state index is -0.537. The lowest BCUT2D eigenvalue weighted by molar-refractivity contribution is 0.583. The molecule has 0 saturated carbocycles. The Bertz CT molecular complexity index is 171. The maximum absolute atomic E-state index is 11.9. The molecule has 0 aliphatic carbocycles. The van der Waals surface area contributed by atoms with Crippen molar-refractivity contribution >= 4 is 13.5 Å². The van der Waals surface area contributed by atoms with E-state index in [1.807, 2.05) is 0 Å². The minimum Gasteiger partial charge on any atom is -0.207 e. The largest absolute Gasteiger partial charge is 0.207 e. The summed E-state index contributed by atoms with van der Waals surface area (Å²) in [6.45, 7) is 0. The molecule has 0 saturated heterocycles. The summed E-state index contributed by atoms with van der Waals surface area (Å²) in [7, 11) is 0. The highest BCUT2D eigenvalue weighted by molar-refractivity contribution is 7.59. The average Bonchev–Trinajstić information content (AvgIpc) is 1.64. The molecule has 0 nitrogen and oxygen atoms in total. The van der Waals surface area contributed by atoms with Crippen LogP contribution in [0.3, 0.4) is 0 Å². The zero-order valence-electron chi connectivity index (χ0n) is 4.57. The molecule has 0 bridgehead atoms. The fourth-order valence-corrected chi connectivity index (χ4v) is 0.460. The Kier molecular flexibility index (Phi) is 3.24. The number of rotatable bonds is 0. The number of halogens is 2. The van der Waals surface area contributed by atoms with Crippen LogP contribution in [-0.2, 0) is 0 Å². The Morgan fingerprint density at radius 2 is 1.44 bits per heavy atom. The first kappa shape index (κ1) is 8.43. The van der Waals surface area contributed by atoms with Crippen molar-refractivity contribution in [3.8, 4) is 0 Å². The van der Waals surface area contributed by atoms with E-state index in [-0.39, 0.29) is 13.5 Å². The molecule has 9 heavy (non-hydrogen) atoms. The standard InChI is InChI=1S/C6H4F2.H2S/c7-5-2-1-3-6(8)4-5;/h1-4H;1H2. The predicted molar refractivity (Wildman–Crippen MR) is 36.7 cm³/mol. The van der Waals surface area contributed by atoms with Gasteiger partial charge in [-0.2, -0.15) is 13.5 Å². The summed E-state index contributed by atoms with van der Waals surface area (Å²) >= 11 is 0. The Balaban J connectivity index is 0.000000640. The van der Waals surface area contributed by atoms with Gasteiger partial charge in [-0.1, -0.05) is 6.07 Å². The van der Waals surface area contributed by atoms with Crippen molar-refractivity contribution in [3.05, 3.63) is 35.9 Å². The SMILES string of the molecule is Fc1cccc(F)c1.S. The summed E-state index contributed by atoms with van der Waals surface area (Å²) in [5.41, 5.74) is 0. The second-order valence-corrected chi connectivity index (χ2v) is 1.44. The first-order valence-electron chi connectivity index (χ1n) is 2.20. The van der Waals surface area contributed by atoms with E-state index in [0.29, 0.717) is 0 Å². The molecule has 50 valence electrons. The van der Waals surface area contributed by atoms with Crippen molar-refractivity contribution in [2.75, 3.05) is 0 Å². The molecule has 0 heterocycles. The third-order valence-corrected chi connectivity index (χ3v) is 0.787. The average molecular weight is 148 g/mol. The van der Waals surface area contributed by atoms with Crippen LogP contribution < -0.4 is 0 Å². The summed E-state index contributed by atoms with van der Waals surface area (Å²) in [6.07, 6.45) is 0. The van der Waals surface area contributed by atoms with E-state index in [1.54, 1.807) is 0 Å². The van der Waals surface area contributed by atoms with E-state index in [0.717, 1.165) is 6.07 Å². The Morgan fingerprint density at radius 1 is 1.00 bits per heavy atom. The van der Waals surface area contributed by atoms with Crippen LogP contribution in [0.25, 0.3) is 0 Å². The van der Waals surface area contributed by atoms with Crippen molar-refractivity contribution in [1.29, 1.82) is 0 Å². The molecule has 0 N–H and O–H groups in total. The molecule has 0 amide bonds. The lowest BCUT2D eigenvalue weighted by Crippen LogP contribution is -1.73. The van der Waals surface area contributed by atoms with Crippen LogP contribution in [0.15, 0.2) is 24.3 Å². The van der Waals surface area contributed by atoms with Crippen LogP contribution in [0, 0.1) is 11.6 Å². The molecular formula is C6H6F2S. The van der Waals surface area contributed by atoms with Gasteiger partial charge in [0.1, 0.15) is 11.6 Å². The molecule has 0 aliphatic rings. The zero-order valence-corrected chi connectivity index (χ0v) is 5.57. The van der Waals surface area contributed by atoms with Crippen molar-refractivity contribution in [2.24, 2.45) is 0 Å². The Labute approximate surface area is 59.0 Å². The van der Waals surface area contributed by atoms with Crippen molar-refractivity contribution < 1.29 is 8.78 Å². The van der Waals surface area contributed by atoms with E-state index >= 15 is 0 Å². The molecule has 1 aromatic rings. The molecule has 0 spiro atoms. The fourth-order valence-electron chi connectivity index (χ4n) is 0.460. The van der Waals surface area contributed by atoms with Gasteiger partial charge >= 0.3 is 0 Å². The Morgan fingerprint density at radius 3 is 1.67 bits per heavy atom. The van der Waals surface area contributed by atoms with Gasteiger partial charge in [-0.25, -0.2) is 8.78 Å². The maximum Gasteiger partial charge on any atom is 0.126 e. The van der Waals surface area contributed by atoms with Crippen LogP contribution in [-0.4, -0.2) is 0 Å². The van der Waals surface area contributed by atoms with E-state index in [1.165, 1.54) is 18.2 Å². The predicted octanol–water partition coefficient (Wildman–Crippen LogP) is 2.08. The maximum atomic E-state index is 11.9. The van der Waals surface area contributed by atoms with Crippen molar-refractivity contribution in [3.63, 3.8) is 0 Å². The third kappa shape index (κ3) is 2.46. The number of benzene rings is 1. The van der Waals surface area contributed by atoms with Gasteiger partial charge in [0.15, 0.2) is 0 Å². The molecule has 3 heteroatoms. The van der Waals surface area contributed by atoms with Crippen molar-refractivity contribution in [2.45, 2.75) is 0 Å². The van der Waals surface area contributed by atoms with Crippen LogP contribution in [0.1, 0.15) is 0 Å². The van der Waals surface area contributed by atoms with Gasteiger partial charge in [0.05, 0.1) is 0 Å². The number of hydrogen-bond acceptors (Lipinski definition) is 0. The fraction of sp³-hybridized carbons (Fsp3) is 0. The molecule has 0 atom stereocenters. The third-order valence-electron chi connectivity index (χ3n) is 0.787. The van der Waals surface area contributed by atoms with Gasteiger partial charge in [0.25, 0.3) is 0 Å². The Hall–Kier alpha value is -0.570. The smallest absolute Gasteiger partial charge is 0.126 e. The van der Waals surface area contributed by atoms with Gasteiger partial charge in [0.2, 0.25) is 0 Å². The van der Waals surface area contributed by atoms with Gasteiger partial charge < -0.3 is 0 Å². The molecule has 1 rings (SSSR count). The lowest BCUT2D eigenvalue weighted by atomic mass is 10.3. The molecule has 0 unspecified atom stereocenters. The monoisotopic (exact) mass is 148 g/mol. The molecule has 0 radical (unpaired) electrons. The summed E-state index contributed by atoms with van der Waals surface area (Å²) in [6, 6.07) is 4.55. The second kappa shape index (κ2) is 3.45. The second-order valence-electron chi connectivity index (χ2n) is 1.44. The highest BCUT2D eigenvalue weighted by atomic mass is 32.1. The van der Waals surface area contributed by atoms with Gasteiger partial charge in [-0.3, -0.25) is 0 Å². The minimum absolute atomic E-state index is 0. The first-order valence-corrected chi connectivity index (χ1v) is 2.20. The molecule has 1 aromatic carbocycles. The van der Waals surface area contributed by atoms with Gasteiger partial charge in [-0.05, 0) is 12.1 Å². The quantitative estimate of drug-likeness (QED) is 0.528. The highest BCUT2D eigenvalue weighted by Gasteiger charge is 1.88. The summed E-state index contributed by atoms with van der Waals surface area (Å²) in [4.78, 5) is 0. The van der Waals surface area contributed by atoms with Crippen LogP contribution in [0.5, 0.6) is 0 Å². The van der Waals surface area contributed by atoms with E-state index in [4.69, 9.17) is 0 Å². The molecular weight excluding hydrogens is 142 g/mol. The van der Waals surface area contributed by atoms with Crippen LogP contribution in [0.2, 0.25) is 0 Å². The lowest BCUT2D eigenvalue weighted by Gasteiger charge is -1.84. The van der Waals surface area contributed by atoms with E-state index in [9.17, 15) is 8.78 Å². The summed E-state index contributed by atoms with van der Waals surface area (Å²) in [5, 5.41) is 0. The van der Waals surface area contributed by atoms with Gasteiger partial charge in [0, 0.05) is 6.07 Å². The molecule has 0 fully saturated rings. The normalized spacial score (nSPS) is 8.22. The molecule has 0 aliphatic heterocycles. The highest BCUT2D eigenvalue weighted by Crippen LogP contribution is 1.99. The van der Waals surface area contributed by atoms with Gasteiger partial charge in [-0.15, -0.1) is 0 Å². The molecule has 0 aromatic heterocycles.